The van der Waals surface area contributed by atoms with Crippen molar-refractivity contribution in [2.24, 2.45) is 0 Å². The molecule has 1 aromatic heterocycles. The van der Waals surface area contributed by atoms with E-state index in [9.17, 15) is 4.79 Å². The van der Waals surface area contributed by atoms with Gasteiger partial charge in [-0.3, -0.25) is 9.78 Å². The molecule has 1 heterocycles. The number of carbonyl (C=O) groups is 1. The van der Waals surface area contributed by atoms with Crippen LogP contribution in [0, 0.1) is 13.8 Å². The van der Waals surface area contributed by atoms with E-state index in [4.69, 9.17) is 11.6 Å². The Morgan fingerprint density at radius 1 is 1.07 bits per heavy atom. The summed E-state index contributed by atoms with van der Waals surface area (Å²) in [5.41, 5.74) is 5.02. The van der Waals surface area contributed by atoms with E-state index in [1.54, 1.807) is 12.4 Å². The first-order valence-corrected chi connectivity index (χ1v) is 9.42. The molecule has 0 saturated carbocycles. The van der Waals surface area contributed by atoms with Crippen LogP contribution in [0.25, 0.3) is 0 Å². The van der Waals surface area contributed by atoms with Gasteiger partial charge >= 0.3 is 0 Å². The molecule has 0 fully saturated rings. The van der Waals surface area contributed by atoms with E-state index in [1.165, 1.54) is 0 Å². The minimum absolute atomic E-state index is 0.137. The lowest BCUT2D eigenvalue weighted by Gasteiger charge is -2.22. The molecule has 27 heavy (non-hydrogen) atoms. The molecule has 1 N–H and O–H groups in total. The van der Waals surface area contributed by atoms with Crippen LogP contribution in [0.1, 0.15) is 34.7 Å². The number of aryl methyl sites for hydroxylation is 3. The number of Topliss-reactive ketones (excluding diaryl/α,β-unsaturated/α-hetero) is 1. The van der Waals surface area contributed by atoms with Crippen LogP contribution < -0.4 is 5.32 Å². The maximum absolute atomic E-state index is 13.1. The molecule has 0 aliphatic rings. The standard InChI is InChI=1S/C23H23ClN2O/c1-16-7-9-21(20(24)15-16)26-23(19-6-4-3-5-17(19)2)22(27)10-8-18-11-13-25-14-12-18/h3-7,9,11-15,23,26H,8,10H2,1-2H3/t23-/m0/s1. The lowest BCUT2D eigenvalue weighted by Crippen LogP contribution is -2.22. The van der Waals surface area contributed by atoms with Gasteiger partial charge in [-0.1, -0.05) is 41.9 Å². The van der Waals surface area contributed by atoms with Gasteiger partial charge in [0.2, 0.25) is 0 Å². The normalized spacial score (nSPS) is 11.8. The Kier molecular flexibility index (Phi) is 6.25. The number of hydrogen-bond acceptors (Lipinski definition) is 3. The molecule has 0 amide bonds. The van der Waals surface area contributed by atoms with E-state index >= 15 is 0 Å². The molecule has 4 heteroatoms. The Balaban J connectivity index is 1.85. The molecule has 0 unspecified atom stereocenters. The summed E-state index contributed by atoms with van der Waals surface area (Å²) in [5, 5.41) is 3.99. The Morgan fingerprint density at radius 3 is 2.52 bits per heavy atom. The fourth-order valence-corrected chi connectivity index (χ4v) is 3.39. The molecular formula is C23H23ClN2O. The molecule has 3 rings (SSSR count). The van der Waals surface area contributed by atoms with Crippen molar-refractivity contribution in [1.82, 2.24) is 4.98 Å². The number of nitrogens with one attached hydrogen (secondary N) is 1. The first-order chi connectivity index (χ1) is 13.0. The summed E-state index contributed by atoms with van der Waals surface area (Å²) in [7, 11) is 0. The average molecular weight is 379 g/mol. The van der Waals surface area contributed by atoms with Crippen LogP contribution in [-0.2, 0) is 11.2 Å². The topological polar surface area (TPSA) is 42.0 Å². The maximum Gasteiger partial charge on any atom is 0.159 e. The number of halogens is 1. The van der Waals surface area contributed by atoms with Crippen molar-refractivity contribution in [2.75, 3.05) is 5.32 Å². The van der Waals surface area contributed by atoms with E-state index < -0.39 is 6.04 Å². The van der Waals surface area contributed by atoms with Gasteiger partial charge in [-0.15, -0.1) is 0 Å². The second kappa shape index (κ2) is 8.83. The highest BCUT2D eigenvalue weighted by Gasteiger charge is 2.22. The fourth-order valence-electron chi connectivity index (χ4n) is 3.10. The predicted octanol–water partition coefficient (Wildman–Crippen LogP) is 5.71. The molecule has 0 aliphatic carbocycles. The van der Waals surface area contributed by atoms with Crippen LogP contribution in [0.5, 0.6) is 0 Å². The highest BCUT2D eigenvalue weighted by atomic mass is 35.5. The third-order valence-corrected chi connectivity index (χ3v) is 4.97. The van der Waals surface area contributed by atoms with Crippen LogP contribution in [0.15, 0.2) is 67.0 Å². The van der Waals surface area contributed by atoms with Crippen LogP contribution in [0.2, 0.25) is 5.02 Å². The van der Waals surface area contributed by atoms with Crippen LogP contribution >= 0.6 is 11.6 Å². The van der Waals surface area contributed by atoms with E-state index in [1.807, 2.05) is 68.4 Å². The maximum atomic E-state index is 13.1. The van der Waals surface area contributed by atoms with Gasteiger partial charge in [0.1, 0.15) is 6.04 Å². The molecule has 0 radical (unpaired) electrons. The highest BCUT2D eigenvalue weighted by molar-refractivity contribution is 6.33. The first kappa shape index (κ1) is 19.1. The first-order valence-electron chi connectivity index (χ1n) is 9.04. The third-order valence-electron chi connectivity index (χ3n) is 4.66. The summed E-state index contributed by atoms with van der Waals surface area (Å²) in [6.45, 7) is 4.02. The number of benzene rings is 2. The van der Waals surface area contributed by atoms with Crippen LogP contribution in [0.4, 0.5) is 5.69 Å². The van der Waals surface area contributed by atoms with Gasteiger partial charge in [0.15, 0.2) is 5.78 Å². The number of pyridine rings is 1. The summed E-state index contributed by atoms with van der Waals surface area (Å²) in [6, 6.07) is 17.2. The zero-order valence-electron chi connectivity index (χ0n) is 15.6. The minimum Gasteiger partial charge on any atom is -0.370 e. The van der Waals surface area contributed by atoms with Gasteiger partial charge in [-0.05, 0) is 66.8 Å². The number of hydrogen-bond donors (Lipinski definition) is 1. The number of rotatable bonds is 7. The van der Waals surface area contributed by atoms with Crippen molar-refractivity contribution in [1.29, 1.82) is 0 Å². The van der Waals surface area contributed by atoms with Crippen LogP contribution in [-0.4, -0.2) is 10.8 Å². The minimum atomic E-state index is -0.437. The second-order valence-corrected chi connectivity index (χ2v) is 7.15. The highest BCUT2D eigenvalue weighted by Crippen LogP contribution is 2.30. The van der Waals surface area contributed by atoms with E-state index in [0.717, 1.165) is 27.9 Å². The summed E-state index contributed by atoms with van der Waals surface area (Å²) < 4.78 is 0. The zero-order valence-corrected chi connectivity index (χ0v) is 16.3. The Morgan fingerprint density at radius 2 is 1.81 bits per heavy atom. The fraction of sp³-hybridized carbons (Fsp3) is 0.217. The SMILES string of the molecule is Cc1ccc(N[C@H](C(=O)CCc2ccncc2)c2ccccc2C)c(Cl)c1. The molecule has 0 aliphatic heterocycles. The van der Waals surface area contributed by atoms with Gasteiger partial charge in [0, 0.05) is 18.8 Å². The van der Waals surface area contributed by atoms with Crippen molar-refractivity contribution in [3.63, 3.8) is 0 Å². The number of anilines is 1. The van der Waals surface area contributed by atoms with Crippen molar-refractivity contribution in [2.45, 2.75) is 32.7 Å². The van der Waals surface area contributed by atoms with E-state index in [-0.39, 0.29) is 5.78 Å². The van der Waals surface area contributed by atoms with Crippen molar-refractivity contribution in [3.8, 4) is 0 Å². The summed E-state index contributed by atoms with van der Waals surface area (Å²) in [4.78, 5) is 17.2. The van der Waals surface area contributed by atoms with Crippen LogP contribution in [0.3, 0.4) is 0 Å². The second-order valence-electron chi connectivity index (χ2n) is 6.74. The molecule has 3 nitrogen and oxygen atoms in total. The Hall–Kier alpha value is -2.65. The summed E-state index contributed by atoms with van der Waals surface area (Å²) in [5.74, 6) is 0.137. The third kappa shape index (κ3) is 4.95. The Bertz CT molecular complexity index is 925. The number of nitrogens with zero attached hydrogens (tertiary/aromatic N) is 1. The summed E-state index contributed by atoms with van der Waals surface area (Å²) in [6.07, 6.45) is 4.64. The summed E-state index contributed by atoms with van der Waals surface area (Å²) >= 11 is 6.40. The molecule has 0 spiro atoms. The van der Waals surface area contributed by atoms with Crippen molar-refractivity contribution >= 4 is 23.1 Å². The monoisotopic (exact) mass is 378 g/mol. The molecular weight excluding hydrogens is 356 g/mol. The number of ketones is 1. The number of carbonyl (C=O) groups excluding carboxylic acids is 1. The predicted molar refractivity (Wildman–Crippen MR) is 111 cm³/mol. The molecule has 2 aromatic carbocycles. The van der Waals surface area contributed by atoms with Gasteiger partial charge < -0.3 is 5.32 Å². The quantitative estimate of drug-likeness (QED) is 0.572. The molecule has 138 valence electrons. The molecule has 1 atom stereocenters. The van der Waals surface area contributed by atoms with E-state index in [0.29, 0.717) is 17.9 Å². The smallest absolute Gasteiger partial charge is 0.159 e. The molecule has 3 aromatic rings. The van der Waals surface area contributed by atoms with Crippen molar-refractivity contribution in [3.05, 3.63) is 94.3 Å². The van der Waals surface area contributed by atoms with Gasteiger partial charge in [0.05, 0.1) is 10.7 Å². The largest absolute Gasteiger partial charge is 0.370 e. The molecule has 0 saturated heterocycles. The molecule has 0 bridgehead atoms. The Labute approximate surface area is 165 Å². The van der Waals surface area contributed by atoms with Gasteiger partial charge in [-0.25, -0.2) is 0 Å². The zero-order chi connectivity index (χ0) is 19.2. The van der Waals surface area contributed by atoms with Gasteiger partial charge in [0.25, 0.3) is 0 Å². The average Bonchev–Trinajstić information content (AvgIpc) is 2.67. The van der Waals surface area contributed by atoms with Crippen molar-refractivity contribution < 1.29 is 4.79 Å². The number of aromatic nitrogens is 1. The lowest BCUT2D eigenvalue weighted by molar-refractivity contribution is -0.119. The van der Waals surface area contributed by atoms with Gasteiger partial charge in [-0.2, -0.15) is 0 Å². The van der Waals surface area contributed by atoms with E-state index in [2.05, 4.69) is 10.3 Å². The lowest BCUT2D eigenvalue weighted by atomic mass is 9.94.